The summed E-state index contributed by atoms with van der Waals surface area (Å²) in [5.74, 6) is -0.801. The van der Waals surface area contributed by atoms with Gasteiger partial charge in [-0.25, -0.2) is 9.78 Å². The van der Waals surface area contributed by atoms with Crippen molar-refractivity contribution < 1.29 is 9.90 Å². The quantitative estimate of drug-likeness (QED) is 0.892. The Morgan fingerprint density at radius 3 is 2.70 bits per heavy atom. The van der Waals surface area contributed by atoms with Gasteiger partial charge in [0.05, 0.1) is 11.3 Å². The van der Waals surface area contributed by atoms with Crippen LogP contribution in [0.5, 0.6) is 0 Å². The van der Waals surface area contributed by atoms with Crippen LogP contribution in [-0.4, -0.2) is 16.1 Å². The van der Waals surface area contributed by atoms with E-state index < -0.39 is 5.97 Å². The Balaban J connectivity index is 2.54. The van der Waals surface area contributed by atoms with Gasteiger partial charge in [-0.3, -0.25) is 0 Å². The molecule has 0 amide bonds. The van der Waals surface area contributed by atoms with Gasteiger partial charge in [0.2, 0.25) is 0 Å². The zero-order chi connectivity index (χ0) is 14.7. The van der Waals surface area contributed by atoms with E-state index in [1.807, 2.05) is 0 Å². The number of carbonyl (C=O) groups is 1. The van der Waals surface area contributed by atoms with Crippen LogP contribution in [0.4, 0.5) is 11.5 Å². The highest BCUT2D eigenvalue weighted by Gasteiger charge is 2.16. The smallest absolute Gasteiger partial charge is 0.339 e. The minimum absolute atomic E-state index is 0.114. The van der Waals surface area contributed by atoms with E-state index in [-0.39, 0.29) is 11.4 Å². The van der Waals surface area contributed by atoms with E-state index in [1.54, 1.807) is 44.2 Å². The molecule has 0 saturated heterocycles. The summed E-state index contributed by atoms with van der Waals surface area (Å²) >= 11 is 0. The van der Waals surface area contributed by atoms with Gasteiger partial charge in [0.1, 0.15) is 17.5 Å². The molecule has 0 radical (unpaired) electrons. The lowest BCUT2D eigenvalue weighted by atomic mass is 10.1. The molecule has 2 rings (SSSR count). The van der Waals surface area contributed by atoms with Crippen molar-refractivity contribution in [2.75, 3.05) is 5.32 Å². The lowest BCUT2D eigenvalue weighted by Crippen LogP contribution is -2.09. The number of benzene rings is 1. The first-order valence-electron chi connectivity index (χ1n) is 6.00. The lowest BCUT2D eigenvalue weighted by molar-refractivity contribution is 0.0697. The number of carboxylic acid groups (broad SMARTS) is 1. The van der Waals surface area contributed by atoms with E-state index in [1.165, 1.54) is 0 Å². The van der Waals surface area contributed by atoms with Gasteiger partial charge in [0.25, 0.3) is 0 Å². The molecule has 0 atom stereocenters. The molecule has 100 valence electrons. The van der Waals surface area contributed by atoms with E-state index in [2.05, 4.69) is 16.4 Å². The topological polar surface area (TPSA) is 86.0 Å². The Hall–Kier alpha value is -2.87. The van der Waals surface area contributed by atoms with Crippen molar-refractivity contribution in [1.82, 2.24) is 4.98 Å². The number of nitrogens with one attached hydrogen (secondary N) is 1. The van der Waals surface area contributed by atoms with Crippen molar-refractivity contribution in [2.45, 2.75) is 13.8 Å². The molecule has 0 aliphatic rings. The van der Waals surface area contributed by atoms with Crippen molar-refractivity contribution >= 4 is 17.5 Å². The second kappa shape index (κ2) is 5.41. The SMILES string of the molecule is Cc1cc(C)c(C(=O)O)c(Nc2ccccc2C#N)n1. The van der Waals surface area contributed by atoms with Crippen LogP contribution in [0.25, 0.3) is 0 Å². The summed E-state index contributed by atoms with van der Waals surface area (Å²) in [6, 6.07) is 10.7. The molecule has 2 aromatic rings. The summed E-state index contributed by atoms with van der Waals surface area (Å²) < 4.78 is 0. The number of anilines is 2. The molecule has 0 bridgehead atoms. The van der Waals surface area contributed by atoms with Crippen LogP contribution in [-0.2, 0) is 0 Å². The normalized spacial score (nSPS) is 9.85. The Morgan fingerprint density at radius 1 is 1.35 bits per heavy atom. The van der Waals surface area contributed by atoms with Gasteiger partial charge < -0.3 is 10.4 Å². The summed E-state index contributed by atoms with van der Waals surface area (Å²) in [6.07, 6.45) is 0. The van der Waals surface area contributed by atoms with E-state index in [0.29, 0.717) is 22.5 Å². The average Bonchev–Trinajstić information content (AvgIpc) is 2.38. The summed E-state index contributed by atoms with van der Waals surface area (Å²) in [4.78, 5) is 15.6. The minimum atomic E-state index is -1.05. The number of pyridine rings is 1. The third-order valence-electron chi connectivity index (χ3n) is 2.86. The zero-order valence-corrected chi connectivity index (χ0v) is 11.1. The Bertz CT molecular complexity index is 718. The monoisotopic (exact) mass is 267 g/mol. The maximum absolute atomic E-state index is 11.4. The number of carboxylic acids is 1. The standard InChI is InChI=1S/C15H13N3O2/c1-9-7-10(2)17-14(13(9)15(19)20)18-12-6-4-3-5-11(12)8-16/h3-7H,1-2H3,(H,17,18)(H,19,20). The number of aromatic nitrogens is 1. The Kier molecular flexibility index (Phi) is 3.67. The lowest BCUT2D eigenvalue weighted by Gasteiger charge is -2.12. The van der Waals surface area contributed by atoms with Crippen LogP contribution in [0.2, 0.25) is 0 Å². The van der Waals surface area contributed by atoms with Crippen LogP contribution in [0.15, 0.2) is 30.3 Å². The number of hydrogen-bond donors (Lipinski definition) is 2. The molecule has 0 spiro atoms. The molecule has 0 saturated carbocycles. The second-order valence-corrected chi connectivity index (χ2v) is 4.39. The fraction of sp³-hybridized carbons (Fsp3) is 0.133. The van der Waals surface area contributed by atoms with Gasteiger partial charge in [-0.2, -0.15) is 5.26 Å². The number of aromatic carboxylic acids is 1. The summed E-state index contributed by atoms with van der Waals surface area (Å²) in [5, 5.41) is 21.3. The third kappa shape index (κ3) is 2.59. The van der Waals surface area contributed by atoms with Crippen LogP contribution >= 0.6 is 0 Å². The highest BCUT2D eigenvalue weighted by Crippen LogP contribution is 2.24. The van der Waals surface area contributed by atoms with Crippen molar-refractivity contribution in [3.63, 3.8) is 0 Å². The summed E-state index contributed by atoms with van der Waals surface area (Å²) in [7, 11) is 0. The van der Waals surface area contributed by atoms with Crippen molar-refractivity contribution in [1.29, 1.82) is 5.26 Å². The summed E-state index contributed by atoms with van der Waals surface area (Å²) in [5.41, 5.74) is 2.43. The van der Waals surface area contributed by atoms with E-state index >= 15 is 0 Å². The van der Waals surface area contributed by atoms with E-state index in [9.17, 15) is 9.90 Å². The number of nitrogens with zero attached hydrogens (tertiary/aromatic N) is 2. The molecular formula is C15H13N3O2. The van der Waals surface area contributed by atoms with Crippen LogP contribution in [0.3, 0.4) is 0 Å². The van der Waals surface area contributed by atoms with Crippen molar-refractivity contribution in [2.24, 2.45) is 0 Å². The predicted molar refractivity (Wildman–Crippen MR) is 75.1 cm³/mol. The molecular weight excluding hydrogens is 254 g/mol. The van der Waals surface area contributed by atoms with E-state index in [0.717, 1.165) is 0 Å². The average molecular weight is 267 g/mol. The number of hydrogen-bond acceptors (Lipinski definition) is 4. The van der Waals surface area contributed by atoms with Gasteiger partial charge in [-0.1, -0.05) is 12.1 Å². The molecule has 0 fully saturated rings. The Morgan fingerprint density at radius 2 is 2.05 bits per heavy atom. The molecule has 0 aliphatic carbocycles. The first kappa shape index (κ1) is 13.6. The van der Waals surface area contributed by atoms with E-state index in [4.69, 9.17) is 5.26 Å². The Labute approximate surface area is 116 Å². The minimum Gasteiger partial charge on any atom is -0.478 e. The second-order valence-electron chi connectivity index (χ2n) is 4.39. The van der Waals surface area contributed by atoms with Gasteiger partial charge in [-0.15, -0.1) is 0 Å². The molecule has 1 aromatic carbocycles. The fourth-order valence-corrected chi connectivity index (χ4v) is 2.01. The van der Waals surface area contributed by atoms with Crippen LogP contribution in [0, 0.1) is 25.2 Å². The molecule has 0 unspecified atom stereocenters. The predicted octanol–water partition coefficient (Wildman–Crippen LogP) is 3.01. The van der Waals surface area contributed by atoms with Crippen molar-refractivity contribution in [3.05, 3.63) is 52.7 Å². The maximum Gasteiger partial charge on any atom is 0.339 e. The van der Waals surface area contributed by atoms with Gasteiger partial charge in [0, 0.05) is 5.69 Å². The highest BCUT2D eigenvalue weighted by molar-refractivity contribution is 5.95. The molecule has 5 heteroatoms. The van der Waals surface area contributed by atoms with Gasteiger partial charge in [0.15, 0.2) is 0 Å². The summed E-state index contributed by atoms with van der Waals surface area (Å²) in [6.45, 7) is 3.51. The third-order valence-corrected chi connectivity index (χ3v) is 2.86. The molecule has 0 aliphatic heterocycles. The number of para-hydroxylation sites is 1. The molecule has 5 nitrogen and oxygen atoms in total. The van der Waals surface area contributed by atoms with Crippen LogP contribution in [0.1, 0.15) is 27.2 Å². The number of aryl methyl sites for hydroxylation is 2. The number of nitriles is 1. The first-order valence-corrected chi connectivity index (χ1v) is 6.00. The highest BCUT2D eigenvalue weighted by atomic mass is 16.4. The zero-order valence-electron chi connectivity index (χ0n) is 11.1. The van der Waals surface area contributed by atoms with Gasteiger partial charge >= 0.3 is 5.97 Å². The van der Waals surface area contributed by atoms with Crippen molar-refractivity contribution in [3.8, 4) is 6.07 Å². The fourth-order valence-electron chi connectivity index (χ4n) is 2.01. The molecule has 20 heavy (non-hydrogen) atoms. The molecule has 1 aromatic heterocycles. The maximum atomic E-state index is 11.4. The molecule has 1 heterocycles. The largest absolute Gasteiger partial charge is 0.478 e. The molecule has 2 N–H and O–H groups in total. The van der Waals surface area contributed by atoms with Crippen LogP contribution < -0.4 is 5.32 Å². The first-order chi connectivity index (χ1) is 9.52. The number of rotatable bonds is 3. The van der Waals surface area contributed by atoms with Gasteiger partial charge in [-0.05, 0) is 37.6 Å².